The predicted molar refractivity (Wildman–Crippen MR) is 43.5 cm³/mol. The van der Waals surface area contributed by atoms with E-state index in [9.17, 15) is 14.9 Å². The monoisotopic (exact) mass is 200 g/mol. The van der Waals surface area contributed by atoms with E-state index in [2.05, 4.69) is 4.98 Å². The summed E-state index contributed by atoms with van der Waals surface area (Å²) in [5, 5.41) is 18.5. The zero-order chi connectivity index (χ0) is 10.7. The van der Waals surface area contributed by atoms with Crippen LogP contribution in [0.25, 0.3) is 0 Å². The van der Waals surface area contributed by atoms with Crippen molar-refractivity contribution in [1.82, 2.24) is 15.0 Å². The van der Waals surface area contributed by atoms with Crippen molar-refractivity contribution in [2.75, 3.05) is 0 Å². The van der Waals surface area contributed by atoms with Crippen molar-refractivity contribution in [1.29, 1.82) is 0 Å². The standard InChI is InChI=1S/C6H8N4O4/c1-4-7-5(10(13)14)2-9(4)3-6(11)8-12/h2,12H,3H2,1H3,(H,8,11). The number of amides is 1. The van der Waals surface area contributed by atoms with Crippen LogP contribution >= 0.6 is 0 Å². The number of carbonyl (C=O) groups excluding carboxylic acids is 1. The van der Waals surface area contributed by atoms with Crippen LogP contribution in [0.1, 0.15) is 5.82 Å². The second-order valence-electron chi connectivity index (χ2n) is 2.57. The molecule has 0 aliphatic carbocycles. The summed E-state index contributed by atoms with van der Waals surface area (Å²) in [4.78, 5) is 24.0. The molecular weight excluding hydrogens is 192 g/mol. The number of hydroxylamine groups is 1. The molecule has 0 aliphatic rings. The molecule has 0 aromatic carbocycles. The van der Waals surface area contributed by atoms with Crippen molar-refractivity contribution < 1.29 is 14.9 Å². The number of rotatable bonds is 3. The molecule has 2 N–H and O–H groups in total. The van der Waals surface area contributed by atoms with Crippen LogP contribution in [0.5, 0.6) is 0 Å². The zero-order valence-electron chi connectivity index (χ0n) is 7.30. The normalized spacial score (nSPS) is 9.86. The molecule has 1 amide bonds. The van der Waals surface area contributed by atoms with Gasteiger partial charge in [-0.3, -0.25) is 14.6 Å². The number of hydrogen-bond acceptors (Lipinski definition) is 5. The summed E-state index contributed by atoms with van der Waals surface area (Å²) in [6.45, 7) is 1.32. The highest BCUT2D eigenvalue weighted by molar-refractivity contribution is 5.74. The average molecular weight is 200 g/mol. The fraction of sp³-hybridized carbons (Fsp3) is 0.333. The van der Waals surface area contributed by atoms with E-state index < -0.39 is 10.8 Å². The quantitative estimate of drug-likeness (QED) is 0.392. The highest BCUT2D eigenvalue weighted by Gasteiger charge is 2.16. The Kier molecular flexibility index (Phi) is 2.77. The maximum absolute atomic E-state index is 10.7. The third-order valence-electron chi connectivity index (χ3n) is 1.59. The van der Waals surface area contributed by atoms with E-state index >= 15 is 0 Å². The van der Waals surface area contributed by atoms with Crippen LogP contribution in [0.15, 0.2) is 6.20 Å². The molecule has 8 nitrogen and oxygen atoms in total. The van der Waals surface area contributed by atoms with Crippen LogP contribution in [0.2, 0.25) is 0 Å². The molecular formula is C6H8N4O4. The minimum absolute atomic E-state index is 0.205. The van der Waals surface area contributed by atoms with E-state index in [-0.39, 0.29) is 12.4 Å². The third kappa shape index (κ3) is 2.04. The van der Waals surface area contributed by atoms with Gasteiger partial charge in [0.1, 0.15) is 12.7 Å². The van der Waals surface area contributed by atoms with Crippen LogP contribution in [0.4, 0.5) is 5.82 Å². The Morgan fingerprint density at radius 3 is 2.93 bits per heavy atom. The number of aryl methyl sites for hydroxylation is 1. The molecule has 1 aromatic heterocycles. The highest BCUT2D eigenvalue weighted by Crippen LogP contribution is 2.09. The average Bonchev–Trinajstić information content (AvgIpc) is 2.48. The lowest BCUT2D eigenvalue weighted by Crippen LogP contribution is -2.24. The van der Waals surface area contributed by atoms with E-state index in [0.717, 1.165) is 6.20 Å². The van der Waals surface area contributed by atoms with Crippen LogP contribution < -0.4 is 5.48 Å². The second-order valence-corrected chi connectivity index (χ2v) is 2.57. The summed E-state index contributed by atoms with van der Waals surface area (Å²) in [6.07, 6.45) is 1.13. The van der Waals surface area contributed by atoms with E-state index in [1.165, 1.54) is 17.0 Å². The van der Waals surface area contributed by atoms with Crippen LogP contribution in [0.3, 0.4) is 0 Å². The van der Waals surface area contributed by atoms with Crippen molar-refractivity contribution in [2.45, 2.75) is 13.5 Å². The lowest BCUT2D eigenvalue weighted by Gasteiger charge is -1.98. The molecule has 0 bridgehead atoms. The molecule has 14 heavy (non-hydrogen) atoms. The van der Waals surface area contributed by atoms with Gasteiger partial charge in [0.2, 0.25) is 5.82 Å². The molecule has 0 radical (unpaired) electrons. The molecule has 0 unspecified atom stereocenters. The van der Waals surface area contributed by atoms with Crippen LogP contribution in [0, 0.1) is 17.0 Å². The first-order valence-corrected chi connectivity index (χ1v) is 3.65. The first-order chi connectivity index (χ1) is 6.54. The summed E-state index contributed by atoms with van der Waals surface area (Å²) in [7, 11) is 0. The molecule has 0 fully saturated rings. The van der Waals surface area contributed by atoms with Crippen molar-refractivity contribution in [3.63, 3.8) is 0 Å². The molecule has 0 atom stereocenters. The van der Waals surface area contributed by atoms with Gasteiger partial charge in [-0.15, -0.1) is 0 Å². The van der Waals surface area contributed by atoms with Crippen molar-refractivity contribution in [3.05, 3.63) is 22.1 Å². The van der Waals surface area contributed by atoms with Gasteiger partial charge in [-0.25, -0.2) is 5.48 Å². The molecule has 0 aliphatic heterocycles. The van der Waals surface area contributed by atoms with Crippen molar-refractivity contribution in [3.8, 4) is 0 Å². The number of imidazole rings is 1. The van der Waals surface area contributed by atoms with Gasteiger partial charge >= 0.3 is 5.82 Å². The van der Waals surface area contributed by atoms with Gasteiger partial charge in [-0.1, -0.05) is 0 Å². The summed E-state index contributed by atoms with van der Waals surface area (Å²) in [5.41, 5.74) is 1.42. The number of nitrogens with one attached hydrogen (secondary N) is 1. The molecule has 0 saturated carbocycles. The molecule has 1 heterocycles. The number of carbonyl (C=O) groups is 1. The van der Waals surface area contributed by atoms with Gasteiger partial charge in [0.25, 0.3) is 5.91 Å². The van der Waals surface area contributed by atoms with E-state index in [4.69, 9.17) is 5.21 Å². The lowest BCUT2D eigenvalue weighted by molar-refractivity contribution is -0.389. The zero-order valence-corrected chi connectivity index (χ0v) is 7.30. The lowest BCUT2D eigenvalue weighted by atomic mass is 10.5. The first kappa shape index (κ1) is 10.1. The Hall–Kier alpha value is -1.96. The SMILES string of the molecule is Cc1nc([N+](=O)[O-])cn1CC(=O)NO. The third-order valence-corrected chi connectivity index (χ3v) is 1.59. The molecule has 76 valence electrons. The molecule has 0 spiro atoms. The number of nitrogens with zero attached hydrogens (tertiary/aromatic N) is 3. The highest BCUT2D eigenvalue weighted by atomic mass is 16.6. The van der Waals surface area contributed by atoms with E-state index in [1.807, 2.05) is 0 Å². The van der Waals surface area contributed by atoms with Crippen LogP contribution in [-0.4, -0.2) is 25.6 Å². The van der Waals surface area contributed by atoms with Crippen molar-refractivity contribution >= 4 is 11.7 Å². The Morgan fingerprint density at radius 2 is 2.50 bits per heavy atom. The Bertz CT molecular complexity index is 372. The maximum Gasteiger partial charge on any atom is 0.381 e. The summed E-state index contributed by atoms with van der Waals surface area (Å²) in [6, 6.07) is 0. The largest absolute Gasteiger partial charge is 0.381 e. The Morgan fingerprint density at radius 1 is 1.86 bits per heavy atom. The number of nitro groups is 1. The Balaban J connectivity index is 2.88. The summed E-state index contributed by atoms with van der Waals surface area (Å²) in [5.74, 6) is -0.658. The van der Waals surface area contributed by atoms with Gasteiger partial charge in [-0.2, -0.15) is 0 Å². The molecule has 8 heteroatoms. The molecule has 1 aromatic rings. The fourth-order valence-corrected chi connectivity index (χ4v) is 0.930. The maximum atomic E-state index is 10.7. The fourth-order valence-electron chi connectivity index (χ4n) is 0.930. The van der Waals surface area contributed by atoms with E-state index in [0.29, 0.717) is 5.82 Å². The summed E-state index contributed by atoms with van der Waals surface area (Å²) < 4.78 is 1.27. The van der Waals surface area contributed by atoms with E-state index in [1.54, 1.807) is 0 Å². The smallest absolute Gasteiger partial charge is 0.358 e. The predicted octanol–water partition coefficient (Wildman–Crippen LogP) is -0.395. The van der Waals surface area contributed by atoms with Gasteiger partial charge in [0, 0.05) is 6.92 Å². The van der Waals surface area contributed by atoms with Crippen molar-refractivity contribution in [2.24, 2.45) is 0 Å². The van der Waals surface area contributed by atoms with Gasteiger partial charge in [-0.05, 0) is 9.91 Å². The molecule has 1 rings (SSSR count). The van der Waals surface area contributed by atoms with Gasteiger partial charge in [0.05, 0.1) is 0 Å². The Labute approximate surface area is 78.3 Å². The molecule has 0 saturated heterocycles. The number of aromatic nitrogens is 2. The van der Waals surface area contributed by atoms with Gasteiger partial charge < -0.3 is 10.1 Å². The minimum Gasteiger partial charge on any atom is -0.358 e. The van der Waals surface area contributed by atoms with Crippen LogP contribution in [-0.2, 0) is 11.3 Å². The minimum atomic E-state index is -0.666. The number of hydrogen-bond donors (Lipinski definition) is 2. The first-order valence-electron chi connectivity index (χ1n) is 3.65. The summed E-state index contributed by atoms with van der Waals surface area (Å²) >= 11 is 0. The van der Waals surface area contributed by atoms with Gasteiger partial charge in [0.15, 0.2) is 0 Å². The topological polar surface area (TPSA) is 110 Å². The second kappa shape index (κ2) is 3.83.